The summed E-state index contributed by atoms with van der Waals surface area (Å²) in [7, 11) is -3.69. The van der Waals surface area contributed by atoms with Crippen molar-refractivity contribution in [3.63, 3.8) is 0 Å². The lowest BCUT2D eigenvalue weighted by atomic mass is 10.1. The van der Waals surface area contributed by atoms with E-state index in [1.54, 1.807) is 19.1 Å². The molecule has 3 rings (SSSR count). The van der Waals surface area contributed by atoms with E-state index in [1.807, 2.05) is 37.3 Å². The van der Waals surface area contributed by atoms with Gasteiger partial charge in [0.2, 0.25) is 15.9 Å². The quantitative estimate of drug-likeness (QED) is 0.523. The second kappa shape index (κ2) is 8.77. The van der Waals surface area contributed by atoms with Gasteiger partial charge in [-0.05, 0) is 50.1 Å². The number of rotatable bonds is 8. The fourth-order valence-corrected chi connectivity index (χ4v) is 3.59. The first kappa shape index (κ1) is 21.0. The number of fused-ring (bicyclic) bond motifs is 1. The number of carbonyl (C=O) groups excluding carboxylic acids is 1. The van der Waals surface area contributed by atoms with Crippen molar-refractivity contribution in [2.45, 2.75) is 37.2 Å². The van der Waals surface area contributed by atoms with E-state index >= 15 is 0 Å². The molecule has 0 saturated carbocycles. The van der Waals surface area contributed by atoms with Gasteiger partial charge in [-0.1, -0.05) is 30.3 Å². The van der Waals surface area contributed by atoms with E-state index in [4.69, 9.17) is 9.56 Å². The van der Waals surface area contributed by atoms with Gasteiger partial charge in [-0.25, -0.2) is 13.6 Å². The Bertz CT molecular complexity index is 1060. The van der Waals surface area contributed by atoms with Crippen LogP contribution in [0.25, 0.3) is 11.0 Å². The van der Waals surface area contributed by atoms with Crippen molar-refractivity contribution in [1.29, 1.82) is 0 Å². The molecule has 1 aromatic heterocycles. The summed E-state index contributed by atoms with van der Waals surface area (Å²) in [4.78, 5) is 12.4. The number of para-hydroxylation sites is 1. The third-order valence-electron chi connectivity index (χ3n) is 4.73. The van der Waals surface area contributed by atoms with E-state index in [9.17, 15) is 13.2 Å². The Kier molecular flexibility index (Phi) is 6.36. The lowest BCUT2D eigenvalue weighted by Gasteiger charge is -2.18. The van der Waals surface area contributed by atoms with Crippen LogP contribution in [0.2, 0.25) is 0 Å². The number of primary sulfonamides is 1. The van der Waals surface area contributed by atoms with Crippen molar-refractivity contribution in [3.8, 4) is 0 Å². The van der Waals surface area contributed by atoms with Crippen LogP contribution >= 0.6 is 0 Å². The van der Waals surface area contributed by atoms with Gasteiger partial charge in [0.05, 0.1) is 17.0 Å². The lowest BCUT2D eigenvalue weighted by molar-refractivity contribution is -0.122. The second-order valence-corrected chi connectivity index (χ2v) is 8.59. The number of hydrogen-bond acceptors (Lipinski definition) is 5. The highest BCUT2D eigenvalue weighted by Gasteiger charge is 2.18. The van der Waals surface area contributed by atoms with Crippen LogP contribution in [-0.4, -0.2) is 26.9 Å². The highest BCUT2D eigenvalue weighted by molar-refractivity contribution is 7.89. The van der Waals surface area contributed by atoms with Gasteiger partial charge in [0.25, 0.3) is 0 Å². The fourth-order valence-electron chi connectivity index (χ4n) is 3.08. The topological polar surface area (TPSA) is 114 Å². The van der Waals surface area contributed by atoms with Crippen molar-refractivity contribution >= 4 is 26.9 Å². The molecule has 2 atom stereocenters. The Balaban J connectivity index is 1.48. The summed E-state index contributed by atoms with van der Waals surface area (Å²) in [6.07, 6.45) is 0.586. The van der Waals surface area contributed by atoms with Crippen molar-refractivity contribution in [2.75, 3.05) is 6.54 Å². The zero-order valence-electron chi connectivity index (χ0n) is 16.4. The maximum absolute atomic E-state index is 12.4. The molecule has 0 spiro atoms. The summed E-state index contributed by atoms with van der Waals surface area (Å²) in [5, 5.41) is 12.2. The number of hydrogen-bond donors (Lipinski definition) is 3. The first-order chi connectivity index (χ1) is 13.7. The summed E-state index contributed by atoms with van der Waals surface area (Å²) < 4.78 is 28.4. The molecular weight excluding hydrogens is 390 g/mol. The monoisotopic (exact) mass is 415 g/mol. The molecule has 154 valence electrons. The number of furan rings is 1. The molecule has 1 heterocycles. The van der Waals surface area contributed by atoms with Crippen molar-refractivity contribution in [1.82, 2.24) is 10.6 Å². The Morgan fingerprint density at radius 1 is 1.10 bits per heavy atom. The average molecular weight is 416 g/mol. The lowest BCUT2D eigenvalue weighted by Crippen LogP contribution is -2.43. The van der Waals surface area contributed by atoms with Gasteiger partial charge in [-0.2, -0.15) is 0 Å². The molecule has 0 saturated heterocycles. The van der Waals surface area contributed by atoms with Crippen LogP contribution in [0.5, 0.6) is 0 Å². The van der Waals surface area contributed by atoms with Crippen LogP contribution in [0, 0.1) is 0 Å². The third kappa shape index (κ3) is 5.44. The van der Waals surface area contributed by atoms with Crippen molar-refractivity contribution in [3.05, 3.63) is 65.9 Å². The first-order valence-corrected chi connectivity index (χ1v) is 10.9. The number of sulfonamides is 1. The molecule has 2 unspecified atom stereocenters. The highest BCUT2D eigenvalue weighted by Crippen LogP contribution is 2.23. The van der Waals surface area contributed by atoms with E-state index < -0.39 is 16.1 Å². The van der Waals surface area contributed by atoms with Gasteiger partial charge >= 0.3 is 0 Å². The number of nitrogens with two attached hydrogens (primary N) is 1. The molecule has 3 aromatic rings. The van der Waals surface area contributed by atoms with Gasteiger partial charge in [-0.15, -0.1) is 0 Å². The van der Waals surface area contributed by atoms with E-state index in [2.05, 4.69) is 10.6 Å². The molecule has 7 nitrogen and oxygen atoms in total. The number of benzene rings is 2. The van der Waals surface area contributed by atoms with E-state index in [0.29, 0.717) is 13.0 Å². The second-order valence-electron chi connectivity index (χ2n) is 7.03. The molecular formula is C21H25N3O4S. The fraction of sp³-hybridized carbons (Fsp3) is 0.286. The van der Waals surface area contributed by atoms with Crippen LogP contribution in [0.1, 0.15) is 31.2 Å². The number of carbonyl (C=O) groups is 1. The van der Waals surface area contributed by atoms with Crippen LogP contribution in [0.3, 0.4) is 0 Å². The Morgan fingerprint density at radius 3 is 2.45 bits per heavy atom. The van der Waals surface area contributed by atoms with Crippen molar-refractivity contribution < 1.29 is 17.6 Å². The molecule has 29 heavy (non-hydrogen) atoms. The maximum atomic E-state index is 12.4. The van der Waals surface area contributed by atoms with Gasteiger partial charge in [0, 0.05) is 11.9 Å². The SMILES string of the molecule is CC(NC(C)c1cc2ccccc2o1)C(=O)NCCc1ccc(S(N)(=O)=O)cc1. The van der Waals surface area contributed by atoms with E-state index in [0.717, 1.165) is 22.3 Å². The smallest absolute Gasteiger partial charge is 0.238 e. The summed E-state index contributed by atoms with van der Waals surface area (Å²) >= 11 is 0. The van der Waals surface area contributed by atoms with Gasteiger partial charge in [0.1, 0.15) is 11.3 Å². The molecule has 0 aliphatic rings. The number of amides is 1. The minimum Gasteiger partial charge on any atom is -0.459 e. The number of nitrogens with one attached hydrogen (secondary N) is 2. The van der Waals surface area contributed by atoms with E-state index in [-0.39, 0.29) is 16.8 Å². The predicted molar refractivity (Wildman–Crippen MR) is 112 cm³/mol. The van der Waals surface area contributed by atoms with Crippen molar-refractivity contribution in [2.24, 2.45) is 5.14 Å². The van der Waals surface area contributed by atoms with E-state index in [1.165, 1.54) is 12.1 Å². The third-order valence-corrected chi connectivity index (χ3v) is 5.66. The van der Waals surface area contributed by atoms with Crippen LogP contribution in [-0.2, 0) is 21.2 Å². The molecule has 1 amide bonds. The standard InChI is InChI=1S/C21H25N3O4S/c1-14(20-13-17-5-3-4-6-19(17)28-20)24-15(2)21(25)23-12-11-16-7-9-18(10-8-16)29(22,26)27/h3-10,13-15,24H,11-12H2,1-2H3,(H,23,25)(H2,22,26,27). The minimum absolute atomic E-state index is 0.0719. The molecule has 0 aliphatic carbocycles. The summed E-state index contributed by atoms with van der Waals surface area (Å²) in [6.45, 7) is 4.20. The first-order valence-electron chi connectivity index (χ1n) is 9.38. The van der Waals surface area contributed by atoms with Gasteiger partial charge in [0.15, 0.2) is 0 Å². The zero-order chi connectivity index (χ0) is 21.0. The normalized spacial score (nSPS) is 13.9. The Labute approximate surface area is 170 Å². The van der Waals surface area contributed by atoms with Crippen LogP contribution in [0.4, 0.5) is 0 Å². The molecule has 0 aliphatic heterocycles. The molecule has 4 N–H and O–H groups in total. The van der Waals surface area contributed by atoms with Crippen LogP contribution < -0.4 is 15.8 Å². The predicted octanol–water partition coefficient (Wildman–Crippen LogP) is 2.48. The molecule has 8 heteroatoms. The molecule has 0 fully saturated rings. The van der Waals surface area contributed by atoms with Gasteiger partial charge in [-0.3, -0.25) is 10.1 Å². The summed E-state index contributed by atoms with van der Waals surface area (Å²) in [5.74, 6) is 0.662. The Morgan fingerprint density at radius 2 is 1.79 bits per heavy atom. The Hall–Kier alpha value is -2.68. The van der Waals surface area contributed by atoms with Crippen LogP contribution in [0.15, 0.2) is 63.9 Å². The highest BCUT2D eigenvalue weighted by atomic mass is 32.2. The average Bonchev–Trinajstić information content (AvgIpc) is 3.12. The summed E-state index contributed by atoms with van der Waals surface area (Å²) in [6, 6.07) is 15.5. The maximum Gasteiger partial charge on any atom is 0.238 e. The molecule has 0 bridgehead atoms. The largest absolute Gasteiger partial charge is 0.459 e. The zero-order valence-corrected chi connectivity index (χ0v) is 17.2. The summed E-state index contributed by atoms with van der Waals surface area (Å²) in [5.41, 5.74) is 1.73. The molecule has 0 radical (unpaired) electrons. The molecule has 2 aromatic carbocycles. The van der Waals surface area contributed by atoms with Gasteiger partial charge < -0.3 is 9.73 Å². The minimum atomic E-state index is -3.69.